The highest BCUT2D eigenvalue weighted by atomic mass is 16.2. The summed E-state index contributed by atoms with van der Waals surface area (Å²) in [5.74, 6) is 6.53. The van der Waals surface area contributed by atoms with Crippen molar-refractivity contribution in [1.29, 1.82) is 5.41 Å². The average molecular weight is 393 g/mol. The van der Waals surface area contributed by atoms with Crippen molar-refractivity contribution in [2.24, 2.45) is 5.73 Å². The van der Waals surface area contributed by atoms with E-state index in [0.29, 0.717) is 18.5 Å². The van der Waals surface area contributed by atoms with Crippen molar-refractivity contribution in [2.75, 3.05) is 25.0 Å². The molecule has 5 heteroatoms. The molecule has 0 bridgehead atoms. The summed E-state index contributed by atoms with van der Waals surface area (Å²) >= 11 is 0. The van der Waals surface area contributed by atoms with Crippen LogP contribution in [0.3, 0.4) is 0 Å². The number of likely N-dealkylation sites (tertiary alicyclic amines) is 1. The van der Waals surface area contributed by atoms with E-state index < -0.39 is 0 Å². The number of nitrogens with zero attached hydrogens (tertiary/aromatic N) is 1. The summed E-state index contributed by atoms with van der Waals surface area (Å²) in [6.07, 6.45) is 2.89. The SMILES string of the molecule is C.Cc1cc(C#CCCNc2cccc(C(=N)N)c2)ccc1C(=O)N1CCCC1.[HH]. The van der Waals surface area contributed by atoms with Crippen LogP contribution in [0.1, 0.15) is 55.2 Å². The van der Waals surface area contributed by atoms with Gasteiger partial charge in [0.1, 0.15) is 5.84 Å². The monoisotopic (exact) mass is 392 g/mol. The summed E-state index contributed by atoms with van der Waals surface area (Å²) in [7, 11) is 0. The Morgan fingerprint density at radius 3 is 2.69 bits per heavy atom. The van der Waals surface area contributed by atoms with Crippen molar-refractivity contribution in [2.45, 2.75) is 33.6 Å². The highest BCUT2D eigenvalue weighted by molar-refractivity contribution is 5.96. The average Bonchev–Trinajstić information content (AvgIpc) is 3.22. The fraction of sp³-hybridized carbons (Fsp3) is 0.333. The second-order valence-electron chi connectivity index (χ2n) is 7.00. The molecule has 0 aliphatic carbocycles. The number of rotatable bonds is 5. The summed E-state index contributed by atoms with van der Waals surface area (Å²) < 4.78 is 0. The Morgan fingerprint density at radius 1 is 1.24 bits per heavy atom. The Kier molecular flexibility index (Phi) is 7.85. The lowest BCUT2D eigenvalue weighted by Gasteiger charge is -2.16. The topological polar surface area (TPSA) is 82.2 Å². The number of aryl methyl sites for hydroxylation is 1. The van der Waals surface area contributed by atoms with Crippen LogP contribution in [-0.2, 0) is 0 Å². The molecule has 29 heavy (non-hydrogen) atoms. The summed E-state index contributed by atoms with van der Waals surface area (Å²) in [5.41, 5.74) is 9.82. The number of carbonyl (C=O) groups is 1. The number of nitrogens with one attached hydrogen (secondary N) is 2. The summed E-state index contributed by atoms with van der Waals surface area (Å²) in [5, 5.41) is 10.8. The Morgan fingerprint density at radius 2 is 2.00 bits per heavy atom. The largest absolute Gasteiger partial charge is 0.384 e. The van der Waals surface area contributed by atoms with Gasteiger partial charge in [0.2, 0.25) is 0 Å². The minimum atomic E-state index is 0. The third-order valence-corrected chi connectivity index (χ3v) is 4.84. The minimum Gasteiger partial charge on any atom is -0.384 e. The van der Waals surface area contributed by atoms with Gasteiger partial charge in [0.05, 0.1) is 0 Å². The molecule has 2 aromatic rings. The third-order valence-electron chi connectivity index (χ3n) is 4.84. The molecule has 0 saturated carbocycles. The molecule has 0 radical (unpaired) electrons. The Balaban J connectivity index is 0.00000225. The second kappa shape index (κ2) is 10.3. The van der Waals surface area contributed by atoms with E-state index >= 15 is 0 Å². The van der Waals surface area contributed by atoms with Crippen LogP contribution in [0.4, 0.5) is 5.69 Å². The van der Waals surface area contributed by atoms with E-state index in [0.717, 1.165) is 48.3 Å². The molecular formula is C24H32N4O. The first-order valence-corrected chi connectivity index (χ1v) is 9.62. The zero-order valence-electron chi connectivity index (χ0n) is 16.2. The molecule has 1 aliphatic heterocycles. The highest BCUT2D eigenvalue weighted by Gasteiger charge is 2.20. The molecule has 1 fully saturated rings. The first-order chi connectivity index (χ1) is 13.5. The standard InChI is InChI=1S/C23H26N4O.CH4.H2/c1-17-15-18(10-11-21(17)23(28)27-13-4-5-14-27)7-2-3-12-26-20-9-6-8-19(16-20)22(24)25;;/h6,8-11,15-16,26H,3-5,12-14H2,1H3,(H3,24,25);1H4;1H. The second-order valence-corrected chi connectivity index (χ2v) is 7.00. The molecule has 2 aromatic carbocycles. The molecule has 0 aromatic heterocycles. The van der Waals surface area contributed by atoms with Crippen LogP contribution in [0.5, 0.6) is 0 Å². The number of hydrogen-bond acceptors (Lipinski definition) is 3. The first-order valence-electron chi connectivity index (χ1n) is 9.62. The van der Waals surface area contributed by atoms with E-state index in [4.69, 9.17) is 11.1 Å². The van der Waals surface area contributed by atoms with E-state index in [-0.39, 0.29) is 20.6 Å². The van der Waals surface area contributed by atoms with Crippen molar-refractivity contribution < 1.29 is 6.22 Å². The highest BCUT2D eigenvalue weighted by Crippen LogP contribution is 2.17. The molecule has 0 unspecified atom stereocenters. The molecular weight excluding hydrogens is 360 g/mol. The molecule has 0 atom stereocenters. The predicted molar refractivity (Wildman–Crippen MR) is 123 cm³/mol. The smallest absolute Gasteiger partial charge is 0.254 e. The van der Waals surface area contributed by atoms with E-state index in [1.807, 2.05) is 54.3 Å². The fourth-order valence-electron chi connectivity index (χ4n) is 3.30. The summed E-state index contributed by atoms with van der Waals surface area (Å²) in [6, 6.07) is 13.3. The van der Waals surface area contributed by atoms with Gasteiger partial charge in [-0.05, 0) is 55.7 Å². The van der Waals surface area contributed by atoms with Crippen LogP contribution in [-0.4, -0.2) is 36.3 Å². The van der Waals surface area contributed by atoms with Gasteiger partial charge in [-0.15, -0.1) is 0 Å². The van der Waals surface area contributed by atoms with Crippen LogP contribution in [0.15, 0.2) is 42.5 Å². The van der Waals surface area contributed by atoms with Gasteiger partial charge in [0.25, 0.3) is 5.91 Å². The lowest BCUT2D eigenvalue weighted by Crippen LogP contribution is -2.28. The fourth-order valence-corrected chi connectivity index (χ4v) is 3.30. The van der Waals surface area contributed by atoms with Gasteiger partial charge in [-0.2, -0.15) is 0 Å². The lowest BCUT2D eigenvalue weighted by atomic mass is 10.0. The number of nitrogens with two attached hydrogens (primary N) is 1. The molecule has 4 N–H and O–H groups in total. The zero-order chi connectivity index (χ0) is 19.9. The van der Waals surface area contributed by atoms with Crippen molar-refractivity contribution in [3.8, 4) is 11.8 Å². The third kappa shape index (κ3) is 5.86. The van der Waals surface area contributed by atoms with E-state index in [9.17, 15) is 4.79 Å². The Labute approximate surface area is 175 Å². The van der Waals surface area contributed by atoms with Crippen LogP contribution < -0.4 is 11.1 Å². The van der Waals surface area contributed by atoms with E-state index in [1.165, 1.54) is 0 Å². The number of amides is 1. The Bertz CT molecular complexity index is 940. The number of amidine groups is 1. The van der Waals surface area contributed by atoms with Crippen LogP contribution in [0.25, 0.3) is 0 Å². The minimum absolute atomic E-state index is 0. The molecule has 1 aliphatic rings. The molecule has 154 valence electrons. The van der Waals surface area contributed by atoms with Gasteiger partial charge < -0.3 is 16.0 Å². The maximum atomic E-state index is 12.5. The van der Waals surface area contributed by atoms with Gasteiger partial charge in [-0.3, -0.25) is 10.2 Å². The maximum Gasteiger partial charge on any atom is 0.254 e. The van der Waals surface area contributed by atoms with Crippen LogP contribution in [0, 0.1) is 24.2 Å². The number of benzene rings is 2. The lowest BCUT2D eigenvalue weighted by molar-refractivity contribution is 0.0792. The summed E-state index contributed by atoms with van der Waals surface area (Å²) in [6.45, 7) is 4.40. The van der Waals surface area contributed by atoms with Gasteiger partial charge in [0.15, 0.2) is 0 Å². The van der Waals surface area contributed by atoms with E-state index in [1.54, 1.807) is 0 Å². The molecule has 0 spiro atoms. The number of nitrogen functional groups attached to an aromatic ring is 1. The zero-order valence-corrected chi connectivity index (χ0v) is 16.2. The first kappa shape index (κ1) is 22.0. The molecule has 1 heterocycles. The van der Waals surface area contributed by atoms with Gasteiger partial charge in [-0.1, -0.05) is 31.4 Å². The Hall–Kier alpha value is -3.26. The molecule has 1 saturated heterocycles. The summed E-state index contributed by atoms with van der Waals surface area (Å²) in [4.78, 5) is 14.5. The van der Waals surface area contributed by atoms with Crippen LogP contribution >= 0.6 is 0 Å². The normalized spacial score (nSPS) is 12.5. The van der Waals surface area contributed by atoms with Crippen molar-refractivity contribution in [3.63, 3.8) is 0 Å². The van der Waals surface area contributed by atoms with Crippen LogP contribution in [0.2, 0.25) is 0 Å². The number of carbonyl (C=O) groups excluding carboxylic acids is 1. The quantitative estimate of drug-likeness (QED) is 0.308. The van der Waals surface area contributed by atoms with Crippen molar-refractivity contribution in [3.05, 3.63) is 64.7 Å². The van der Waals surface area contributed by atoms with Gasteiger partial charge in [0, 0.05) is 49.9 Å². The molecule has 3 rings (SSSR count). The van der Waals surface area contributed by atoms with E-state index in [2.05, 4.69) is 17.2 Å². The molecule has 1 amide bonds. The van der Waals surface area contributed by atoms with Gasteiger partial charge in [-0.25, -0.2) is 0 Å². The molecule has 5 nitrogen and oxygen atoms in total. The number of hydrogen-bond donors (Lipinski definition) is 3. The number of anilines is 1. The predicted octanol–water partition coefficient (Wildman–Crippen LogP) is 4.25. The van der Waals surface area contributed by atoms with Crippen molar-refractivity contribution >= 4 is 17.4 Å². The maximum absolute atomic E-state index is 12.5. The van der Waals surface area contributed by atoms with Gasteiger partial charge >= 0.3 is 0 Å². The van der Waals surface area contributed by atoms with Crippen molar-refractivity contribution in [1.82, 2.24) is 4.90 Å².